The monoisotopic (exact) mass is 358 g/mol. The van der Waals surface area contributed by atoms with Crippen molar-refractivity contribution in [1.29, 1.82) is 0 Å². The zero-order valence-corrected chi connectivity index (χ0v) is 15.1. The summed E-state index contributed by atoms with van der Waals surface area (Å²) >= 11 is 0. The van der Waals surface area contributed by atoms with Crippen molar-refractivity contribution >= 4 is 17.9 Å². The number of hydrogen-bond donors (Lipinski definition) is 0. The van der Waals surface area contributed by atoms with Gasteiger partial charge < -0.3 is 14.2 Å². The van der Waals surface area contributed by atoms with E-state index in [2.05, 4.69) is 6.58 Å². The molecule has 0 spiro atoms. The molecule has 4 atom stereocenters. The molecule has 2 bridgehead atoms. The Balaban J connectivity index is 2.00. The van der Waals surface area contributed by atoms with Gasteiger partial charge in [0, 0.05) is 29.6 Å². The molecule has 2 heterocycles. The molecule has 1 saturated heterocycles. The molecular weight excluding hydrogens is 336 g/mol. The number of allylic oxidation sites excluding steroid dienone is 1. The average molecular weight is 358 g/mol. The quantitative estimate of drug-likeness (QED) is 0.327. The molecule has 0 saturated carbocycles. The summed E-state index contributed by atoms with van der Waals surface area (Å²) in [6, 6.07) is 0. The van der Waals surface area contributed by atoms with Crippen LogP contribution < -0.4 is 0 Å². The van der Waals surface area contributed by atoms with Gasteiger partial charge in [0.25, 0.3) is 0 Å². The molecule has 6 heteroatoms. The summed E-state index contributed by atoms with van der Waals surface area (Å²) in [5, 5.41) is 0. The molecule has 2 aliphatic heterocycles. The number of carbonyl (C=O) groups excluding carboxylic acids is 3. The van der Waals surface area contributed by atoms with Crippen molar-refractivity contribution in [2.24, 2.45) is 5.92 Å². The maximum atomic E-state index is 12.3. The van der Waals surface area contributed by atoms with Crippen molar-refractivity contribution in [2.75, 3.05) is 0 Å². The second-order valence-corrected chi connectivity index (χ2v) is 6.89. The van der Waals surface area contributed by atoms with Crippen molar-refractivity contribution in [3.63, 3.8) is 0 Å². The van der Waals surface area contributed by atoms with Crippen molar-refractivity contribution in [3.8, 4) is 0 Å². The van der Waals surface area contributed by atoms with Gasteiger partial charge in [0.1, 0.15) is 18.3 Å². The van der Waals surface area contributed by atoms with Crippen molar-refractivity contribution in [2.45, 2.75) is 51.9 Å². The van der Waals surface area contributed by atoms with Gasteiger partial charge in [0.2, 0.25) is 0 Å². The number of esters is 3. The molecule has 0 aromatic carbocycles. The normalized spacial score (nSPS) is 31.5. The summed E-state index contributed by atoms with van der Waals surface area (Å²) in [4.78, 5) is 36.6. The van der Waals surface area contributed by atoms with E-state index in [1.165, 1.54) is 0 Å². The van der Waals surface area contributed by atoms with Crippen LogP contribution >= 0.6 is 0 Å². The molecule has 0 unspecified atom stereocenters. The highest BCUT2D eigenvalue weighted by Crippen LogP contribution is 2.38. The SMILES string of the molecule is C=C1C(=O)O[C@@H]2C=C(C)C[C@H]3C=C(C[C@H](OC(=O)/C(C)=C\C)[C@@H]12)C(=O)O3. The van der Waals surface area contributed by atoms with E-state index in [0.29, 0.717) is 17.6 Å². The second-order valence-electron chi connectivity index (χ2n) is 6.89. The van der Waals surface area contributed by atoms with Crippen LogP contribution in [0.1, 0.15) is 33.6 Å². The highest BCUT2D eigenvalue weighted by Gasteiger charge is 2.46. The van der Waals surface area contributed by atoms with Gasteiger partial charge >= 0.3 is 17.9 Å². The molecule has 0 aromatic rings. The van der Waals surface area contributed by atoms with E-state index in [0.717, 1.165) is 5.57 Å². The lowest BCUT2D eigenvalue weighted by Gasteiger charge is -2.26. The van der Waals surface area contributed by atoms with E-state index in [-0.39, 0.29) is 18.1 Å². The van der Waals surface area contributed by atoms with Gasteiger partial charge in [0.05, 0.1) is 5.92 Å². The van der Waals surface area contributed by atoms with E-state index in [1.54, 1.807) is 26.0 Å². The summed E-state index contributed by atoms with van der Waals surface area (Å²) in [6.07, 6.45) is 4.26. The summed E-state index contributed by atoms with van der Waals surface area (Å²) in [5.41, 5.74) is 2.07. The van der Waals surface area contributed by atoms with Gasteiger partial charge in [-0.25, -0.2) is 14.4 Å². The molecule has 138 valence electrons. The fraction of sp³-hybridized carbons (Fsp3) is 0.450. The zero-order chi connectivity index (χ0) is 19.0. The molecule has 0 aromatic heterocycles. The van der Waals surface area contributed by atoms with Crippen LogP contribution in [0.2, 0.25) is 0 Å². The van der Waals surface area contributed by atoms with Crippen LogP contribution in [0.3, 0.4) is 0 Å². The van der Waals surface area contributed by atoms with Crippen LogP contribution in [0.25, 0.3) is 0 Å². The van der Waals surface area contributed by atoms with E-state index >= 15 is 0 Å². The van der Waals surface area contributed by atoms with Crippen molar-refractivity contribution in [1.82, 2.24) is 0 Å². The predicted molar refractivity (Wildman–Crippen MR) is 92.8 cm³/mol. The van der Waals surface area contributed by atoms with E-state index in [9.17, 15) is 14.4 Å². The fourth-order valence-corrected chi connectivity index (χ4v) is 3.44. The molecule has 3 rings (SSSR count). The molecule has 0 amide bonds. The first-order valence-corrected chi connectivity index (χ1v) is 8.62. The van der Waals surface area contributed by atoms with Crippen molar-refractivity contribution < 1.29 is 28.6 Å². The van der Waals surface area contributed by atoms with E-state index in [1.807, 2.05) is 13.0 Å². The van der Waals surface area contributed by atoms with E-state index < -0.39 is 36.0 Å². The van der Waals surface area contributed by atoms with Gasteiger partial charge in [-0.1, -0.05) is 18.2 Å². The van der Waals surface area contributed by atoms with Gasteiger partial charge in [-0.05, 0) is 32.9 Å². The maximum absolute atomic E-state index is 12.3. The van der Waals surface area contributed by atoms with Crippen LogP contribution in [-0.2, 0) is 28.6 Å². The minimum atomic E-state index is -0.749. The molecule has 26 heavy (non-hydrogen) atoms. The third-order valence-electron chi connectivity index (χ3n) is 4.98. The van der Waals surface area contributed by atoms with Crippen LogP contribution in [0.4, 0.5) is 0 Å². The summed E-state index contributed by atoms with van der Waals surface area (Å²) in [7, 11) is 0. The Labute approximate surface area is 152 Å². The van der Waals surface area contributed by atoms with Crippen LogP contribution in [-0.4, -0.2) is 36.2 Å². The van der Waals surface area contributed by atoms with Gasteiger partial charge in [-0.2, -0.15) is 0 Å². The lowest BCUT2D eigenvalue weighted by Crippen LogP contribution is -2.34. The van der Waals surface area contributed by atoms with Gasteiger partial charge in [0.15, 0.2) is 0 Å². The lowest BCUT2D eigenvalue weighted by atomic mass is 9.85. The minimum Gasteiger partial charge on any atom is -0.458 e. The Morgan fingerprint density at radius 2 is 1.96 bits per heavy atom. The van der Waals surface area contributed by atoms with Crippen LogP contribution in [0.15, 0.2) is 47.1 Å². The molecule has 1 aliphatic carbocycles. The maximum Gasteiger partial charge on any atom is 0.334 e. The second kappa shape index (κ2) is 6.94. The molecule has 0 radical (unpaired) electrons. The van der Waals surface area contributed by atoms with Crippen molar-refractivity contribution in [3.05, 3.63) is 47.1 Å². The molecule has 0 N–H and O–H groups in total. The zero-order valence-electron chi connectivity index (χ0n) is 15.1. The Kier molecular flexibility index (Phi) is 4.85. The van der Waals surface area contributed by atoms with Gasteiger partial charge in [-0.3, -0.25) is 0 Å². The highest BCUT2D eigenvalue weighted by molar-refractivity contribution is 5.93. The van der Waals surface area contributed by atoms with E-state index in [4.69, 9.17) is 14.2 Å². The van der Waals surface area contributed by atoms with Gasteiger partial charge in [-0.15, -0.1) is 0 Å². The highest BCUT2D eigenvalue weighted by atomic mass is 16.6. The smallest absolute Gasteiger partial charge is 0.334 e. The summed E-state index contributed by atoms with van der Waals surface area (Å²) in [5.74, 6) is -1.96. The lowest BCUT2D eigenvalue weighted by molar-refractivity contribution is -0.148. The molecule has 1 fully saturated rings. The first-order valence-electron chi connectivity index (χ1n) is 8.62. The van der Waals surface area contributed by atoms with Crippen LogP contribution in [0, 0.1) is 5.92 Å². The summed E-state index contributed by atoms with van der Waals surface area (Å²) in [6.45, 7) is 9.10. The number of carbonyl (C=O) groups is 3. The predicted octanol–water partition coefficient (Wildman–Crippen LogP) is 2.55. The number of hydrogen-bond acceptors (Lipinski definition) is 6. The topological polar surface area (TPSA) is 78.9 Å². The Bertz CT molecular complexity index is 769. The molecule has 3 aliphatic rings. The third-order valence-corrected chi connectivity index (χ3v) is 4.98. The number of ether oxygens (including phenoxy) is 3. The first-order chi connectivity index (χ1) is 12.3. The largest absolute Gasteiger partial charge is 0.458 e. The number of rotatable bonds is 2. The minimum absolute atomic E-state index is 0.155. The molecular formula is C20H22O6. The Morgan fingerprint density at radius 1 is 1.23 bits per heavy atom. The first kappa shape index (κ1) is 18.2. The average Bonchev–Trinajstić information content (AvgIpc) is 3.04. The summed E-state index contributed by atoms with van der Waals surface area (Å²) < 4.78 is 16.5. The fourth-order valence-electron chi connectivity index (χ4n) is 3.44. The third kappa shape index (κ3) is 3.36. The standard InChI is InChI=1S/C20H22O6/c1-5-11(3)18(21)25-16-9-13-8-14(24-20(13)23)6-10(2)7-15-17(16)12(4)19(22)26-15/h5,7-8,14-17H,4,6,9H2,1-3H3/b10-7?,11-5-/t14-,15+,16-,17-/m0/s1. The Morgan fingerprint density at radius 3 is 2.65 bits per heavy atom. The molecule has 6 nitrogen and oxygen atoms in total. The number of fused-ring (bicyclic) bond motifs is 2. The van der Waals surface area contributed by atoms with Crippen LogP contribution in [0.5, 0.6) is 0 Å². The Hall–Kier alpha value is -2.63.